The summed E-state index contributed by atoms with van der Waals surface area (Å²) in [6.45, 7) is 0. The molecule has 1 spiro atoms. The van der Waals surface area contributed by atoms with Gasteiger partial charge in [0.1, 0.15) is 0 Å². The van der Waals surface area contributed by atoms with Crippen molar-refractivity contribution in [1.29, 1.82) is 0 Å². The van der Waals surface area contributed by atoms with E-state index in [1.165, 1.54) is 55.9 Å². The number of para-hydroxylation sites is 3. The summed E-state index contributed by atoms with van der Waals surface area (Å²) >= 11 is 0. The largest absolute Gasteiger partial charge is 0.356 e. The summed E-state index contributed by atoms with van der Waals surface area (Å²) in [5, 5.41) is 3.63. The minimum atomic E-state index is -0.440. The summed E-state index contributed by atoms with van der Waals surface area (Å²) in [4.78, 5) is 2.44. The van der Waals surface area contributed by atoms with Crippen LogP contribution in [0.25, 0.3) is 22.3 Å². The lowest BCUT2D eigenvalue weighted by atomic mass is 9.64. The number of nitrogens with zero attached hydrogens (tertiary/aromatic N) is 1. The van der Waals surface area contributed by atoms with Crippen LogP contribution in [0.15, 0.2) is 176 Å². The van der Waals surface area contributed by atoms with Gasteiger partial charge in [0.05, 0.1) is 16.8 Å². The van der Waals surface area contributed by atoms with Crippen molar-refractivity contribution in [3.05, 3.63) is 198 Å². The van der Waals surface area contributed by atoms with E-state index in [0.717, 1.165) is 17.1 Å². The van der Waals surface area contributed by atoms with Crippen LogP contribution < -0.4 is 10.2 Å². The number of nitrogens with one attached hydrogen (secondary N) is 1. The molecule has 7 aromatic carbocycles. The Morgan fingerprint density at radius 1 is 0.378 bits per heavy atom. The quantitative estimate of drug-likeness (QED) is 0.225. The second-order valence-electron chi connectivity index (χ2n) is 11.8. The standard InChI is InChI=1S/C43H30N2/c1-3-13-30(14-4-1)31-23-26-34(27-24-31)45-41-21-11-9-19-39(41)43(40-20-10-12-22-42(40)45)37-18-8-7-17-35(37)36-29-33(25-28-38(36)43)44-32-15-5-2-6-16-32/h1-29,44H. The first-order valence-corrected chi connectivity index (χ1v) is 15.5. The maximum Gasteiger partial charge on any atom is 0.0754 e. The van der Waals surface area contributed by atoms with Crippen molar-refractivity contribution in [3.8, 4) is 22.3 Å². The van der Waals surface area contributed by atoms with E-state index in [9.17, 15) is 0 Å². The number of hydrogen-bond donors (Lipinski definition) is 1. The molecular weight excluding hydrogens is 544 g/mol. The zero-order valence-electron chi connectivity index (χ0n) is 24.7. The summed E-state index contributed by atoms with van der Waals surface area (Å²) in [7, 11) is 0. The normalized spacial score (nSPS) is 13.5. The third-order valence-electron chi connectivity index (χ3n) is 9.44. The lowest BCUT2D eigenvalue weighted by molar-refractivity contribution is 0.753. The molecule has 1 N–H and O–H groups in total. The molecule has 0 bridgehead atoms. The second-order valence-corrected chi connectivity index (χ2v) is 11.8. The molecule has 0 saturated heterocycles. The highest BCUT2D eigenvalue weighted by Crippen LogP contribution is 2.63. The monoisotopic (exact) mass is 574 g/mol. The predicted octanol–water partition coefficient (Wildman–Crippen LogP) is 11.2. The van der Waals surface area contributed by atoms with Crippen LogP contribution >= 0.6 is 0 Å². The lowest BCUT2D eigenvalue weighted by Gasteiger charge is -2.45. The fourth-order valence-corrected chi connectivity index (χ4v) is 7.59. The number of rotatable bonds is 4. The Kier molecular flexibility index (Phi) is 5.76. The number of benzene rings is 7. The number of hydrogen-bond acceptors (Lipinski definition) is 2. The number of anilines is 5. The fraction of sp³-hybridized carbons (Fsp3) is 0.0233. The first-order valence-electron chi connectivity index (χ1n) is 15.5. The highest BCUT2D eigenvalue weighted by atomic mass is 15.2. The van der Waals surface area contributed by atoms with Crippen LogP contribution in [0.1, 0.15) is 22.3 Å². The van der Waals surface area contributed by atoms with E-state index in [-0.39, 0.29) is 0 Å². The Hall–Kier alpha value is -5.86. The third kappa shape index (κ3) is 3.82. The Balaban J connectivity index is 1.26. The van der Waals surface area contributed by atoms with Gasteiger partial charge in [-0.2, -0.15) is 0 Å². The van der Waals surface area contributed by atoms with E-state index < -0.39 is 5.41 Å². The van der Waals surface area contributed by atoms with Gasteiger partial charge in [-0.1, -0.05) is 127 Å². The summed E-state index contributed by atoms with van der Waals surface area (Å²) in [6, 6.07) is 63.8. The summed E-state index contributed by atoms with van der Waals surface area (Å²) in [6.07, 6.45) is 0. The zero-order chi connectivity index (χ0) is 29.8. The Bertz CT molecular complexity index is 2140. The molecule has 0 aromatic heterocycles. The molecule has 0 amide bonds. The molecule has 9 rings (SSSR count). The second kappa shape index (κ2) is 10.1. The van der Waals surface area contributed by atoms with Gasteiger partial charge in [-0.05, 0) is 93.0 Å². The van der Waals surface area contributed by atoms with E-state index in [2.05, 4.69) is 180 Å². The van der Waals surface area contributed by atoms with Crippen LogP contribution in [-0.2, 0) is 5.41 Å². The molecule has 7 aromatic rings. The minimum absolute atomic E-state index is 0.440. The lowest BCUT2D eigenvalue weighted by Crippen LogP contribution is -2.36. The maximum atomic E-state index is 3.63. The molecule has 2 aliphatic rings. The van der Waals surface area contributed by atoms with Crippen molar-refractivity contribution in [2.24, 2.45) is 0 Å². The first kappa shape index (κ1) is 25.6. The van der Waals surface area contributed by atoms with Crippen molar-refractivity contribution in [1.82, 2.24) is 0 Å². The van der Waals surface area contributed by atoms with Crippen molar-refractivity contribution < 1.29 is 0 Å². The molecule has 1 aliphatic carbocycles. The van der Waals surface area contributed by atoms with Crippen LogP contribution in [0.3, 0.4) is 0 Å². The van der Waals surface area contributed by atoms with Crippen LogP contribution in [0, 0.1) is 0 Å². The van der Waals surface area contributed by atoms with Crippen molar-refractivity contribution in [2.75, 3.05) is 10.2 Å². The third-order valence-corrected chi connectivity index (χ3v) is 9.44. The van der Waals surface area contributed by atoms with Gasteiger partial charge in [-0.25, -0.2) is 0 Å². The van der Waals surface area contributed by atoms with Crippen molar-refractivity contribution in [2.45, 2.75) is 5.41 Å². The van der Waals surface area contributed by atoms with Crippen LogP contribution in [-0.4, -0.2) is 0 Å². The molecule has 1 heterocycles. The van der Waals surface area contributed by atoms with Gasteiger partial charge in [0.15, 0.2) is 0 Å². The van der Waals surface area contributed by atoms with Crippen LogP contribution in [0.5, 0.6) is 0 Å². The summed E-state index contributed by atoms with van der Waals surface area (Å²) < 4.78 is 0. The highest BCUT2D eigenvalue weighted by molar-refractivity contribution is 5.96. The van der Waals surface area contributed by atoms with Gasteiger partial charge >= 0.3 is 0 Å². The van der Waals surface area contributed by atoms with Crippen LogP contribution in [0.4, 0.5) is 28.4 Å². The Labute approximate surface area is 263 Å². The number of fused-ring (bicyclic) bond motifs is 9. The average molecular weight is 575 g/mol. The molecule has 0 radical (unpaired) electrons. The predicted molar refractivity (Wildman–Crippen MR) is 187 cm³/mol. The Morgan fingerprint density at radius 3 is 1.60 bits per heavy atom. The molecule has 1 aliphatic heterocycles. The van der Waals surface area contributed by atoms with Gasteiger partial charge in [0.25, 0.3) is 0 Å². The van der Waals surface area contributed by atoms with E-state index >= 15 is 0 Å². The van der Waals surface area contributed by atoms with Crippen molar-refractivity contribution in [3.63, 3.8) is 0 Å². The van der Waals surface area contributed by atoms with E-state index in [0.29, 0.717) is 0 Å². The molecule has 212 valence electrons. The van der Waals surface area contributed by atoms with Crippen molar-refractivity contribution >= 4 is 28.4 Å². The molecule has 2 heteroatoms. The van der Waals surface area contributed by atoms with Gasteiger partial charge in [-0.3, -0.25) is 0 Å². The molecule has 2 nitrogen and oxygen atoms in total. The fourth-order valence-electron chi connectivity index (χ4n) is 7.59. The topological polar surface area (TPSA) is 15.3 Å². The highest BCUT2D eigenvalue weighted by Gasteiger charge is 2.51. The van der Waals surface area contributed by atoms with Gasteiger partial charge in [-0.15, -0.1) is 0 Å². The minimum Gasteiger partial charge on any atom is -0.356 e. The van der Waals surface area contributed by atoms with E-state index in [4.69, 9.17) is 0 Å². The van der Waals surface area contributed by atoms with Gasteiger partial charge in [0, 0.05) is 17.1 Å². The molecule has 0 saturated carbocycles. The van der Waals surface area contributed by atoms with Gasteiger partial charge < -0.3 is 10.2 Å². The average Bonchev–Trinajstić information content (AvgIpc) is 3.40. The zero-order valence-corrected chi connectivity index (χ0v) is 24.7. The Morgan fingerprint density at radius 2 is 0.911 bits per heavy atom. The molecular formula is C43H30N2. The summed E-state index contributed by atoms with van der Waals surface area (Å²) in [5.41, 5.74) is 15.5. The molecule has 0 atom stereocenters. The molecule has 45 heavy (non-hydrogen) atoms. The molecule has 0 fully saturated rings. The van der Waals surface area contributed by atoms with Crippen LogP contribution in [0.2, 0.25) is 0 Å². The van der Waals surface area contributed by atoms with Gasteiger partial charge in [0.2, 0.25) is 0 Å². The van der Waals surface area contributed by atoms with E-state index in [1.54, 1.807) is 0 Å². The molecule has 0 unspecified atom stereocenters. The summed E-state index contributed by atoms with van der Waals surface area (Å²) in [5.74, 6) is 0. The SMILES string of the molecule is c1ccc(Nc2ccc3c(c2)-c2ccccc2C32c3ccccc3N(c3ccc(-c4ccccc4)cc3)c3ccccc32)cc1. The maximum absolute atomic E-state index is 3.63. The first-order chi connectivity index (χ1) is 22.3. The van der Waals surface area contributed by atoms with E-state index in [1.807, 2.05) is 6.07 Å². The smallest absolute Gasteiger partial charge is 0.0754 e.